The molecule has 3 heterocycles. The van der Waals surface area contributed by atoms with E-state index in [1.807, 2.05) is 60.4 Å². The number of hydrogen-bond acceptors (Lipinski definition) is 6. The minimum atomic E-state index is -0.348. The molecule has 9 heteroatoms. The SMILES string of the molecule is CCOc1cc2c(cc1OC)C(c1ccc(C(=O)N=C(N)N3CCN(c4ccccc4)CC3)cc1)=NC1CCN(C)CC21. The molecule has 3 aliphatic heterocycles. The van der Waals surface area contributed by atoms with Gasteiger partial charge in [-0.05, 0) is 68.9 Å². The summed E-state index contributed by atoms with van der Waals surface area (Å²) in [6.07, 6.45) is 0.990. The van der Waals surface area contributed by atoms with E-state index >= 15 is 0 Å². The molecular weight excluding hydrogens is 540 g/mol. The number of carbonyl (C=O) groups is 1. The summed E-state index contributed by atoms with van der Waals surface area (Å²) in [4.78, 5) is 29.3. The van der Waals surface area contributed by atoms with Crippen LogP contribution in [0.1, 0.15) is 46.3 Å². The van der Waals surface area contributed by atoms with Gasteiger partial charge in [0, 0.05) is 61.0 Å². The van der Waals surface area contributed by atoms with Gasteiger partial charge in [-0.3, -0.25) is 9.79 Å². The number of fused-ring (bicyclic) bond motifs is 3. The van der Waals surface area contributed by atoms with Crippen molar-refractivity contribution in [2.45, 2.75) is 25.3 Å². The Morgan fingerprint density at radius 1 is 1.00 bits per heavy atom. The second-order valence-corrected chi connectivity index (χ2v) is 11.4. The number of piperidine rings is 1. The zero-order valence-electron chi connectivity index (χ0n) is 25.2. The van der Waals surface area contributed by atoms with Crippen LogP contribution < -0.4 is 20.1 Å². The lowest BCUT2D eigenvalue weighted by Gasteiger charge is -2.39. The summed E-state index contributed by atoms with van der Waals surface area (Å²) in [5, 5.41) is 0. The predicted molar refractivity (Wildman–Crippen MR) is 171 cm³/mol. The predicted octanol–water partition coefficient (Wildman–Crippen LogP) is 4.01. The zero-order valence-corrected chi connectivity index (χ0v) is 25.2. The van der Waals surface area contributed by atoms with Gasteiger partial charge in [0.05, 0.1) is 25.5 Å². The molecule has 9 nitrogen and oxygen atoms in total. The number of hydrogen-bond donors (Lipinski definition) is 1. The quantitative estimate of drug-likeness (QED) is 0.348. The lowest BCUT2D eigenvalue weighted by atomic mass is 9.79. The van der Waals surface area contributed by atoms with Gasteiger partial charge in [-0.15, -0.1) is 0 Å². The molecule has 1 amide bonds. The van der Waals surface area contributed by atoms with Crippen LogP contribution in [0.2, 0.25) is 0 Å². The van der Waals surface area contributed by atoms with Crippen molar-refractivity contribution in [2.75, 3.05) is 64.9 Å². The summed E-state index contributed by atoms with van der Waals surface area (Å²) in [7, 11) is 3.83. The van der Waals surface area contributed by atoms with Crippen LogP contribution in [0, 0.1) is 0 Å². The van der Waals surface area contributed by atoms with E-state index in [0.717, 1.165) is 55.2 Å². The van der Waals surface area contributed by atoms with Crippen molar-refractivity contribution < 1.29 is 14.3 Å². The van der Waals surface area contributed by atoms with Crippen molar-refractivity contribution in [2.24, 2.45) is 15.7 Å². The fourth-order valence-corrected chi connectivity index (χ4v) is 6.39. The van der Waals surface area contributed by atoms with Gasteiger partial charge in [0.1, 0.15) is 0 Å². The molecule has 43 heavy (non-hydrogen) atoms. The number of anilines is 1. The smallest absolute Gasteiger partial charge is 0.280 e. The summed E-state index contributed by atoms with van der Waals surface area (Å²) >= 11 is 0. The topological polar surface area (TPSA) is 96.0 Å². The van der Waals surface area contributed by atoms with Gasteiger partial charge >= 0.3 is 0 Å². The molecule has 2 atom stereocenters. The van der Waals surface area contributed by atoms with Crippen LogP contribution in [0.3, 0.4) is 0 Å². The normalized spacial score (nSPS) is 20.6. The summed E-state index contributed by atoms with van der Waals surface area (Å²) < 4.78 is 11.6. The maximum absolute atomic E-state index is 13.1. The molecule has 2 unspecified atom stereocenters. The molecule has 2 N–H and O–H groups in total. The van der Waals surface area contributed by atoms with Crippen molar-refractivity contribution in [3.8, 4) is 11.5 Å². The first-order valence-corrected chi connectivity index (χ1v) is 15.1. The lowest BCUT2D eigenvalue weighted by Crippen LogP contribution is -2.51. The molecule has 2 fully saturated rings. The fourth-order valence-electron chi connectivity index (χ4n) is 6.39. The number of likely N-dealkylation sites (N-methyl/N-ethyl adjacent to an activating group) is 1. The number of para-hydroxylation sites is 1. The summed E-state index contributed by atoms with van der Waals surface area (Å²) in [6, 6.07) is 22.2. The first-order chi connectivity index (χ1) is 20.9. The third-order valence-electron chi connectivity index (χ3n) is 8.71. The molecule has 0 radical (unpaired) electrons. The number of amides is 1. The number of aliphatic imine (C=N–C) groups is 2. The molecule has 0 bridgehead atoms. The third kappa shape index (κ3) is 5.95. The Balaban J connectivity index is 1.21. The van der Waals surface area contributed by atoms with Crippen LogP contribution in [0.5, 0.6) is 11.5 Å². The third-order valence-corrected chi connectivity index (χ3v) is 8.71. The number of guanidine groups is 1. The van der Waals surface area contributed by atoms with E-state index in [-0.39, 0.29) is 23.8 Å². The molecule has 0 aliphatic carbocycles. The minimum absolute atomic E-state index is 0.189. The average molecular weight is 581 g/mol. The van der Waals surface area contributed by atoms with Gasteiger partial charge in [-0.25, -0.2) is 0 Å². The summed E-state index contributed by atoms with van der Waals surface area (Å²) in [5.74, 6) is 1.65. The molecule has 0 aromatic heterocycles. The molecule has 0 saturated carbocycles. The molecule has 3 aromatic rings. The maximum atomic E-state index is 13.1. The Bertz CT molecular complexity index is 1510. The van der Waals surface area contributed by atoms with Gasteiger partial charge in [0.25, 0.3) is 5.91 Å². The molecule has 2 saturated heterocycles. The Morgan fingerprint density at radius 3 is 2.44 bits per heavy atom. The zero-order chi connectivity index (χ0) is 29.9. The van der Waals surface area contributed by atoms with Gasteiger partial charge in [-0.1, -0.05) is 30.3 Å². The van der Waals surface area contributed by atoms with Gasteiger partial charge in [0.15, 0.2) is 17.5 Å². The van der Waals surface area contributed by atoms with Crippen LogP contribution in [0.4, 0.5) is 5.69 Å². The number of piperazine rings is 1. The number of benzene rings is 3. The largest absolute Gasteiger partial charge is 0.493 e. The minimum Gasteiger partial charge on any atom is -0.493 e. The van der Waals surface area contributed by atoms with Crippen LogP contribution in [0.25, 0.3) is 0 Å². The van der Waals surface area contributed by atoms with Gasteiger partial charge < -0.3 is 29.9 Å². The first kappa shape index (κ1) is 28.7. The second-order valence-electron chi connectivity index (χ2n) is 11.4. The van der Waals surface area contributed by atoms with E-state index in [4.69, 9.17) is 20.2 Å². The molecule has 3 aliphatic rings. The van der Waals surface area contributed by atoms with Crippen LogP contribution >= 0.6 is 0 Å². The van der Waals surface area contributed by atoms with Crippen LogP contribution in [0.15, 0.2) is 76.7 Å². The van der Waals surface area contributed by atoms with Crippen molar-refractivity contribution >= 4 is 23.3 Å². The maximum Gasteiger partial charge on any atom is 0.280 e. The van der Waals surface area contributed by atoms with E-state index in [2.05, 4.69) is 40.0 Å². The molecular formula is C34H40N6O3. The lowest BCUT2D eigenvalue weighted by molar-refractivity contribution is 0.100. The molecule has 0 spiro atoms. The molecule has 3 aromatic carbocycles. The highest BCUT2D eigenvalue weighted by atomic mass is 16.5. The van der Waals surface area contributed by atoms with Crippen molar-refractivity contribution in [3.63, 3.8) is 0 Å². The number of likely N-dealkylation sites (tertiary alicyclic amines) is 1. The Morgan fingerprint density at radius 2 is 1.74 bits per heavy atom. The number of nitrogens with zero attached hydrogens (tertiary/aromatic N) is 5. The number of carbonyl (C=O) groups excluding carboxylic acids is 1. The number of nitrogens with two attached hydrogens (primary N) is 1. The average Bonchev–Trinajstić information content (AvgIpc) is 3.05. The van der Waals surface area contributed by atoms with E-state index in [1.165, 1.54) is 11.3 Å². The summed E-state index contributed by atoms with van der Waals surface area (Å²) in [5.41, 5.74) is 12.1. The van der Waals surface area contributed by atoms with Crippen LogP contribution in [-0.4, -0.2) is 93.5 Å². The standard InChI is InChI=1S/C34H40N6O3/c1-4-43-31-20-26-27(21-30(31)42-3)32(36-29-14-15-38(2)22-28(26)29)23-10-12-24(13-11-23)33(41)37-34(35)40-18-16-39(17-19-40)25-8-6-5-7-9-25/h5-13,20-21,28-29H,4,14-19,22H2,1-3H3,(H2,35,37,41). The van der Waals surface area contributed by atoms with Gasteiger partial charge in [0.2, 0.25) is 0 Å². The molecule has 224 valence electrons. The van der Waals surface area contributed by atoms with E-state index < -0.39 is 0 Å². The highest BCUT2D eigenvalue weighted by Gasteiger charge is 2.36. The highest BCUT2D eigenvalue weighted by molar-refractivity contribution is 6.15. The monoisotopic (exact) mass is 580 g/mol. The van der Waals surface area contributed by atoms with E-state index in [0.29, 0.717) is 31.0 Å². The van der Waals surface area contributed by atoms with Crippen LogP contribution in [-0.2, 0) is 0 Å². The van der Waals surface area contributed by atoms with E-state index in [1.54, 1.807) is 7.11 Å². The second kappa shape index (κ2) is 12.5. The Labute approximate surface area is 253 Å². The Hall–Kier alpha value is -4.37. The summed E-state index contributed by atoms with van der Waals surface area (Å²) in [6.45, 7) is 7.57. The van der Waals surface area contributed by atoms with E-state index in [9.17, 15) is 4.79 Å². The van der Waals surface area contributed by atoms with Crippen molar-refractivity contribution in [1.82, 2.24) is 9.80 Å². The number of methoxy groups -OCH3 is 1. The fraction of sp³-hybridized carbons (Fsp3) is 0.382. The number of rotatable bonds is 6. The Kier molecular flexibility index (Phi) is 8.33. The number of ether oxygens (including phenoxy) is 2. The van der Waals surface area contributed by atoms with Gasteiger partial charge in [-0.2, -0.15) is 4.99 Å². The first-order valence-electron chi connectivity index (χ1n) is 15.1. The molecule has 6 rings (SSSR count). The highest BCUT2D eigenvalue weighted by Crippen LogP contribution is 2.42. The van der Waals surface area contributed by atoms with Crippen molar-refractivity contribution in [1.29, 1.82) is 0 Å². The van der Waals surface area contributed by atoms with Crippen molar-refractivity contribution in [3.05, 3.63) is 89.0 Å².